The molecule has 178 valence electrons. The van der Waals surface area contributed by atoms with Crippen LogP contribution >= 0.6 is 0 Å². The fraction of sp³-hybridized carbons (Fsp3) is 0.320. The molecule has 2 aromatic heterocycles. The van der Waals surface area contributed by atoms with Crippen molar-refractivity contribution >= 4 is 28.6 Å². The van der Waals surface area contributed by atoms with Gasteiger partial charge in [-0.05, 0) is 30.5 Å². The molecule has 0 radical (unpaired) electrons. The maximum Gasteiger partial charge on any atom is 0.227 e. The lowest BCUT2D eigenvalue weighted by molar-refractivity contribution is 0.169. The second kappa shape index (κ2) is 10.4. The summed E-state index contributed by atoms with van der Waals surface area (Å²) >= 11 is 0. The Hall–Kier alpha value is -3.85. The molecule has 2 aromatic carbocycles. The highest BCUT2D eigenvalue weighted by Gasteiger charge is 2.18. The third-order valence-corrected chi connectivity index (χ3v) is 5.82. The van der Waals surface area contributed by atoms with Crippen LogP contribution in [0.4, 0.5) is 17.5 Å². The Kier molecular flexibility index (Phi) is 7.12. The Morgan fingerprint density at radius 1 is 1.12 bits per heavy atom. The van der Waals surface area contributed by atoms with E-state index in [0.29, 0.717) is 47.5 Å². The predicted octanol–water partition coefficient (Wildman–Crippen LogP) is 3.65. The van der Waals surface area contributed by atoms with E-state index in [0.717, 1.165) is 17.5 Å². The predicted molar refractivity (Wildman–Crippen MR) is 135 cm³/mol. The first kappa shape index (κ1) is 23.3. The molecule has 0 aliphatic rings. The zero-order valence-corrected chi connectivity index (χ0v) is 19.7. The number of hydrogen-bond acceptors (Lipinski definition) is 8. The van der Waals surface area contributed by atoms with E-state index < -0.39 is 6.10 Å². The largest absolute Gasteiger partial charge is 0.495 e. The summed E-state index contributed by atoms with van der Waals surface area (Å²) in [5.41, 5.74) is 10.2. The highest BCUT2D eigenvalue weighted by Crippen LogP contribution is 2.27. The third kappa shape index (κ3) is 5.04. The number of nitrogens with two attached hydrogens (primary N) is 1. The van der Waals surface area contributed by atoms with Gasteiger partial charge in [0.15, 0.2) is 17.0 Å². The van der Waals surface area contributed by atoms with Crippen LogP contribution in [0.15, 0.2) is 54.9 Å². The lowest BCUT2D eigenvalue weighted by Gasteiger charge is -2.20. The quantitative estimate of drug-likeness (QED) is 0.264. The van der Waals surface area contributed by atoms with Gasteiger partial charge in [-0.2, -0.15) is 9.97 Å². The SMILES string of the molecule is CCC(Nc1nc(NCc2cccc(OC)c2N)c2ncn(Cc3ccccc3)c2n1)C(C)O. The first-order chi connectivity index (χ1) is 16.5. The Balaban J connectivity index is 1.70. The van der Waals surface area contributed by atoms with Crippen molar-refractivity contribution in [1.29, 1.82) is 0 Å². The fourth-order valence-corrected chi connectivity index (χ4v) is 3.86. The summed E-state index contributed by atoms with van der Waals surface area (Å²) in [6, 6.07) is 15.6. The van der Waals surface area contributed by atoms with Gasteiger partial charge in [0.1, 0.15) is 5.75 Å². The number of fused-ring (bicyclic) bond motifs is 1. The zero-order chi connectivity index (χ0) is 24.1. The topological polar surface area (TPSA) is 123 Å². The van der Waals surface area contributed by atoms with Gasteiger partial charge in [0.2, 0.25) is 5.95 Å². The van der Waals surface area contributed by atoms with Crippen LogP contribution in [-0.2, 0) is 13.1 Å². The minimum atomic E-state index is -0.550. The minimum absolute atomic E-state index is 0.176. The van der Waals surface area contributed by atoms with Gasteiger partial charge in [-0.3, -0.25) is 0 Å². The summed E-state index contributed by atoms with van der Waals surface area (Å²) in [5.74, 6) is 1.64. The van der Waals surface area contributed by atoms with Crippen molar-refractivity contribution in [2.45, 2.75) is 45.5 Å². The molecule has 2 atom stereocenters. The second-order valence-electron chi connectivity index (χ2n) is 8.21. The molecular formula is C25H31N7O2. The van der Waals surface area contributed by atoms with E-state index in [9.17, 15) is 5.11 Å². The second-order valence-corrected chi connectivity index (χ2v) is 8.21. The molecule has 0 spiro atoms. The Bertz CT molecular complexity index is 1240. The van der Waals surface area contributed by atoms with Crippen LogP contribution in [0.1, 0.15) is 31.4 Å². The summed E-state index contributed by atoms with van der Waals surface area (Å²) in [6.45, 7) is 4.83. The molecule has 0 bridgehead atoms. The van der Waals surface area contributed by atoms with Crippen LogP contribution in [0.5, 0.6) is 5.75 Å². The van der Waals surface area contributed by atoms with E-state index in [1.54, 1.807) is 20.4 Å². The van der Waals surface area contributed by atoms with E-state index in [-0.39, 0.29) is 6.04 Å². The lowest BCUT2D eigenvalue weighted by Crippen LogP contribution is -2.31. The van der Waals surface area contributed by atoms with Gasteiger partial charge >= 0.3 is 0 Å². The van der Waals surface area contributed by atoms with Gasteiger partial charge in [0.25, 0.3) is 0 Å². The smallest absolute Gasteiger partial charge is 0.227 e. The van der Waals surface area contributed by atoms with Crippen molar-refractivity contribution in [3.8, 4) is 5.75 Å². The van der Waals surface area contributed by atoms with Crippen LogP contribution in [-0.4, -0.2) is 43.9 Å². The van der Waals surface area contributed by atoms with E-state index in [1.807, 2.05) is 47.9 Å². The number of para-hydroxylation sites is 1. The van der Waals surface area contributed by atoms with E-state index in [4.69, 9.17) is 15.5 Å². The molecule has 4 rings (SSSR count). The number of rotatable bonds is 10. The first-order valence-corrected chi connectivity index (χ1v) is 11.4. The number of hydrogen-bond donors (Lipinski definition) is 4. The molecule has 34 heavy (non-hydrogen) atoms. The molecule has 2 unspecified atom stereocenters. The molecule has 9 nitrogen and oxygen atoms in total. The van der Waals surface area contributed by atoms with Crippen molar-refractivity contribution < 1.29 is 9.84 Å². The van der Waals surface area contributed by atoms with Crippen LogP contribution in [0, 0.1) is 0 Å². The monoisotopic (exact) mass is 461 g/mol. The summed E-state index contributed by atoms with van der Waals surface area (Å²) in [6.07, 6.45) is 1.95. The number of anilines is 3. The number of aliphatic hydroxyl groups excluding tert-OH is 1. The van der Waals surface area contributed by atoms with E-state index >= 15 is 0 Å². The van der Waals surface area contributed by atoms with E-state index in [1.165, 1.54) is 0 Å². The Morgan fingerprint density at radius 2 is 1.91 bits per heavy atom. The fourth-order valence-electron chi connectivity index (χ4n) is 3.86. The van der Waals surface area contributed by atoms with Gasteiger partial charge in [-0.25, -0.2) is 4.98 Å². The normalized spacial score (nSPS) is 12.9. The number of imidazole rings is 1. The number of nitrogen functional groups attached to an aromatic ring is 1. The summed E-state index contributed by atoms with van der Waals surface area (Å²) in [7, 11) is 1.60. The standard InChI is InChI=1S/C25H31N7O2/c1-4-19(16(2)33)29-25-30-23(27-13-18-11-8-12-20(34-3)21(18)26)22-24(31-25)32(15-28-22)14-17-9-6-5-7-10-17/h5-12,15-16,19,33H,4,13-14,26H2,1-3H3,(H2,27,29,30,31). The van der Waals surface area contributed by atoms with Crippen molar-refractivity contribution in [2.24, 2.45) is 0 Å². The van der Waals surface area contributed by atoms with Crippen molar-refractivity contribution in [3.05, 3.63) is 66.0 Å². The molecule has 4 aromatic rings. The van der Waals surface area contributed by atoms with Crippen LogP contribution in [0.25, 0.3) is 11.2 Å². The highest BCUT2D eigenvalue weighted by atomic mass is 16.5. The van der Waals surface area contributed by atoms with Crippen molar-refractivity contribution in [3.63, 3.8) is 0 Å². The van der Waals surface area contributed by atoms with Crippen LogP contribution in [0.2, 0.25) is 0 Å². The zero-order valence-electron chi connectivity index (χ0n) is 19.7. The molecule has 0 amide bonds. The summed E-state index contributed by atoms with van der Waals surface area (Å²) < 4.78 is 7.33. The van der Waals surface area contributed by atoms with Gasteiger partial charge < -0.3 is 30.8 Å². The molecule has 5 N–H and O–H groups in total. The Morgan fingerprint density at radius 3 is 2.62 bits per heavy atom. The maximum atomic E-state index is 10.1. The lowest BCUT2D eigenvalue weighted by atomic mass is 10.1. The maximum absolute atomic E-state index is 10.1. The molecule has 2 heterocycles. The average molecular weight is 462 g/mol. The molecule has 0 saturated carbocycles. The molecule has 0 fully saturated rings. The molecule has 0 aliphatic carbocycles. The third-order valence-electron chi connectivity index (χ3n) is 5.82. The number of nitrogens with zero attached hydrogens (tertiary/aromatic N) is 4. The van der Waals surface area contributed by atoms with Crippen LogP contribution < -0.4 is 21.1 Å². The van der Waals surface area contributed by atoms with Gasteiger partial charge in [-0.15, -0.1) is 0 Å². The molecule has 9 heteroatoms. The molecular weight excluding hydrogens is 430 g/mol. The van der Waals surface area contributed by atoms with Gasteiger partial charge in [0, 0.05) is 6.54 Å². The minimum Gasteiger partial charge on any atom is -0.495 e. The number of benzene rings is 2. The first-order valence-electron chi connectivity index (χ1n) is 11.4. The molecule has 0 saturated heterocycles. The number of aliphatic hydroxyl groups is 1. The van der Waals surface area contributed by atoms with Crippen molar-refractivity contribution in [1.82, 2.24) is 19.5 Å². The number of ether oxygens (including phenoxy) is 1. The van der Waals surface area contributed by atoms with E-state index in [2.05, 4.69) is 32.7 Å². The molecule has 0 aliphatic heterocycles. The Labute approximate surface area is 199 Å². The number of aromatic nitrogens is 4. The van der Waals surface area contributed by atoms with Crippen LogP contribution in [0.3, 0.4) is 0 Å². The summed E-state index contributed by atoms with van der Waals surface area (Å²) in [5, 5.41) is 16.8. The number of methoxy groups -OCH3 is 1. The average Bonchev–Trinajstić information content (AvgIpc) is 3.24. The van der Waals surface area contributed by atoms with Gasteiger partial charge in [0.05, 0.1) is 37.8 Å². The number of nitrogens with one attached hydrogen (secondary N) is 2. The van der Waals surface area contributed by atoms with Crippen molar-refractivity contribution in [2.75, 3.05) is 23.5 Å². The highest BCUT2D eigenvalue weighted by molar-refractivity contribution is 5.84. The summed E-state index contributed by atoms with van der Waals surface area (Å²) in [4.78, 5) is 14.0. The van der Waals surface area contributed by atoms with Gasteiger partial charge in [-0.1, -0.05) is 49.4 Å².